The average Bonchev–Trinajstić information content (AvgIpc) is 3.79. The van der Waals surface area contributed by atoms with Gasteiger partial charge < -0.3 is 9.15 Å². The molecular weight excluding hydrogens is 669 g/mol. The van der Waals surface area contributed by atoms with Gasteiger partial charge >= 0.3 is 0 Å². The van der Waals surface area contributed by atoms with Crippen LogP contribution in [-0.2, 0) is 5.41 Å². The molecule has 0 N–H and O–H groups in total. The second-order valence-electron chi connectivity index (χ2n) is 14.7. The first kappa shape index (κ1) is 30.3. The Bertz CT molecular complexity index is 3120. The van der Waals surface area contributed by atoms with E-state index in [2.05, 4.69) is 194 Å². The van der Waals surface area contributed by atoms with Gasteiger partial charge in [-0.1, -0.05) is 170 Å². The molecule has 2 aliphatic rings. The van der Waals surface area contributed by atoms with Gasteiger partial charge in [-0.05, 0) is 90.7 Å². The molecule has 0 fully saturated rings. The number of fused-ring (bicyclic) bond motifs is 14. The predicted octanol–water partition coefficient (Wildman–Crippen LogP) is 14.2. The highest BCUT2D eigenvalue weighted by atomic mass is 16.5. The second kappa shape index (κ2) is 11.4. The molecule has 12 rings (SSSR count). The summed E-state index contributed by atoms with van der Waals surface area (Å²) in [7, 11) is 0. The maximum atomic E-state index is 6.76. The van der Waals surface area contributed by atoms with Crippen LogP contribution in [0.1, 0.15) is 22.3 Å². The highest BCUT2D eigenvalue weighted by Gasteiger charge is 2.50. The molecule has 1 aromatic heterocycles. The minimum absolute atomic E-state index is 0.448. The van der Waals surface area contributed by atoms with Crippen LogP contribution in [0, 0.1) is 0 Å². The van der Waals surface area contributed by atoms with Crippen molar-refractivity contribution < 1.29 is 9.15 Å². The first-order chi connectivity index (χ1) is 27.3. The van der Waals surface area contributed by atoms with Gasteiger partial charge in [0.25, 0.3) is 0 Å². The van der Waals surface area contributed by atoms with Crippen LogP contribution < -0.4 is 4.74 Å². The van der Waals surface area contributed by atoms with Gasteiger partial charge in [0.1, 0.15) is 22.7 Å². The maximum Gasteiger partial charge on any atom is 0.136 e. The van der Waals surface area contributed by atoms with Gasteiger partial charge in [0, 0.05) is 21.9 Å². The van der Waals surface area contributed by atoms with Gasteiger partial charge in [-0.2, -0.15) is 0 Å². The molecule has 1 aliphatic carbocycles. The molecule has 1 spiro atoms. The van der Waals surface area contributed by atoms with Crippen molar-refractivity contribution in [3.63, 3.8) is 0 Å². The van der Waals surface area contributed by atoms with Gasteiger partial charge in [-0.3, -0.25) is 0 Å². The fourth-order valence-electron chi connectivity index (χ4n) is 9.57. The number of hydrogen-bond acceptors (Lipinski definition) is 2. The Kier molecular flexibility index (Phi) is 6.29. The van der Waals surface area contributed by atoms with Gasteiger partial charge in [0.2, 0.25) is 0 Å². The molecule has 55 heavy (non-hydrogen) atoms. The lowest BCUT2D eigenvalue weighted by atomic mass is 9.66. The molecular formula is C53H32O2. The van der Waals surface area contributed by atoms with Gasteiger partial charge in [0.15, 0.2) is 0 Å². The normalized spacial score (nSPS) is 13.4. The van der Waals surface area contributed by atoms with Crippen LogP contribution in [0.2, 0.25) is 0 Å². The number of ether oxygens (including phenoxy) is 1. The van der Waals surface area contributed by atoms with Crippen molar-refractivity contribution >= 4 is 32.7 Å². The van der Waals surface area contributed by atoms with Crippen LogP contribution in [0.25, 0.3) is 77.2 Å². The lowest BCUT2D eigenvalue weighted by molar-refractivity contribution is 0.436. The molecule has 2 nitrogen and oxygen atoms in total. The van der Waals surface area contributed by atoms with Crippen LogP contribution in [0.3, 0.4) is 0 Å². The molecule has 0 saturated heterocycles. The Hall–Kier alpha value is -7.16. The topological polar surface area (TPSA) is 22.4 Å². The van der Waals surface area contributed by atoms with Crippen molar-refractivity contribution in [3.05, 3.63) is 216 Å². The van der Waals surface area contributed by atoms with Crippen molar-refractivity contribution in [2.45, 2.75) is 5.41 Å². The summed E-state index contributed by atoms with van der Waals surface area (Å²) in [5.41, 5.74) is 15.9. The van der Waals surface area contributed by atoms with E-state index in [1.165, 1.54) is 71.8 Å². The van der Waals surface area contributed by atoms with Gasteiger partial charge in [0.05, 0.1) is 5.41 Å². The summed E-state index contributed by atoms with van der Waals surface area (Å²) in [6.07, 6.45) is 0. The minimum Gasteiger partial charge on any atom is -0.457 e. The van der Waals surface area contributed by atoms with E-state index >= 15 is 0 Å². The molecule has 256 valence electrons. The maximum absolute atomic E-state index is 6.76. The molecule has 0 atom stereocenters. The zero-order chi connectivity index (χ0) is 36.1. The van der Waals surface area contributed by atoms with E-state index in [1.54, 1.807) is 0 Å². The fraction of sp³-hybridized carbons (Fsp3) is 0.0189. The van der Waals surface area contributed by atoms with Gasteiger partial charge in [-0.25, -0.2) is 0 Å². The summed E-state index contributed by atoms with van der Waals surface area (Å²) in [5, 5.41) is 4.77. The molecule has 9 aromatic carbocycles. The zero-order valence-electron chi connectivity index (χ0n) is 29.8. The zero-order valence-corrected chi connectivity index (χ0v) is 29.8. The summed E-state index contributed by atoms with van der Waals surface area (Å²) in [6, 6.07) is 70.0. The molecule has 0 amide bonds. The van der Waals surface area contributed by atoms with Crippen LogP contribution >= 0.6 is 0 Å². The number of hydrogen-bond donors (Lipinski definition) is 0. The largest absolute Gasteiger partial charge is 0.457 e. The number of furan rings is 1. The van der Waals surface area contributed by atoms with Gasteiger partial charge in [-0.15, -0.1) is 0 Å². The Morgan fingerprint density at radius 1 is 0.327 bits per heavy atom. The van der Waals surface area contributed by atoms with Crippen LogP contribution in [-0.4, -0.2) is 0 Å². The standard InChI is InChI=1S/C53H32O2/c1-2-11-39-36(10-1)29-31-49-52(39)51-40(14-9-19-48(51)55-49)37-26-24-34(25-27-37)33-20-22-35(23-21-33)38-28-30-46-50(32-38)54-47-18-8-7-17-45(47)53(46)43-15-5-3-12-41(43)42-13-4-6-16-44(42)53/h1-32H. The summed E-state index contributed by atoms with van der Waals surface area (Å²) < 4.78 is 13.1. The molecule has 10 aromatic rings. The first-order valence-corrected chi connectivity index (χ1v) is 18.9. The Morgan fingerprint density at radius 2 is 0.873 bits per heavy atom. The van der Waals surface area contributed by atoms with Crippen LogP contribution in [0.15, 0.2) is 199 Å². The molecule has 2 heteroatoms. The number of rotatable bonds is 3. The van der Waals surface area contributed by atoms with E-state index in [9.17, 15) is 0 Å². The summed E-state index contributed by atoms with van der Waals surface area (Å²) >= 11 is 0. The summed E-state index contributed by atoms with van der Waals surface area (Å²) in [6.45, 7) is 0. The molecule has 0 unspecified atom stereocenters. The molecule has 0 bridgehead atoms. The van der Waals surface area contributed by atoms with E-state index in [4.69, 9.17) is 9.15 Å². The quantitative estimate of drug-likeness (QED) is 0.183. The second-order valence-corrected chi connectivity index (χ2v) is 14.7. The highest BCUT2D eigenvalue weighted by Crippen LogP contribution is 2.62. The van der Waals surface area contributed by atoms with Crippen molar-refractivity contribution in [2.24, 2.45) is 0 Å². The number of benzene rings is 9. The van der Waals surface area contributed by atoms with Crippen molar-refractivity contribution in [2.75, 3.05) is 0 Å². The first-order valence-electron chi connectivity index (χ1n) is 18.9. The Morgan fingerprint density at radius 3 is 1.62 bits per heavy atom. The lowest BCUT2D eigenvalue weighted by Gasteiger charge is -2.39. The fourth-order valence-corrected chi connectivity index (χ4v) is 9.57. The van der Waals surface area contributed by atoms with E-state index in [-0.39, 0.29) is 0 Å². The van der Waals surface area contributed by atoms with E-state index in [0.29, 0.717) is 0 Å². The summed E-state index contributed by atoms with van der Waals surface area (Å²) in [4.78, 5) is 0. The van der Waals surface area contributed by atoms with Crippen LogP contribution in [0.4, 0.5) is 0 Å². The monoisotopic (exact) mass is 700 g/mol. The smallest absolute Gasteiger partial charge is 0.136 e. The molecule has 1 aliphatic heterocycles. The summed E-state index contributed by atoms with van der Waals surface area (Å²) in [5.74, 6) is 1.80. The van der Waals surface area contributed by atoms with Crippen LogP contribution in [0.5, 0.6) is 11.5 Å². The predicted molar refractivity (Wildman–Crippen MR) is 225 cm³/mol. The van der Waals surface area contributed by atoms with Crippen molar-refractivity contribution in [3.8, 4) is 56.0 Å². The van der Waals surface area contributed by atoms with E-state index < -0.39 is 5.41 Å². The highest BCUT2D eigenvalue weighted by molar-refractivity contribution is 6.22. The third kappa shape index (κ3) is 4.25. The van der Waals surface area contributed by atoms with Crippen molar-refractivity contribution in [1.82, 2.24) is 0 Å². The SMILES string of the molecule is c1ccc2c(c1)Oc1cc(-c3ccc(-c4ccc(-c5cccc6oc7ccc8ccccc8c7c56)cc4)cc3)ccc1C21c2ccccc2-c2ccccc21. The average molecular weight is 701 g/mol. The lowest BCUT2D eigenvalue weighted by Crippen LogP contribution is -2.32. The molecule has 2 heterocycles. The van der Waals surface area contributed by atoms with E-state index in [1.807, 2.05) is 0 Å². The third-order valence-electron chi connectivity index (χ3n) is 12.0. The minimum atomic E-state index is -0.448. The molecule has 0 saturated carbocycles. The van der Waals surface area contributed by atoms with Crippen molar-refractivity contribution in [1.29, 1.82) is 0 Å². The van der Waals surface area contributed by atoms with E-state index in [0.717, 1.165) is 39.2 Å². The number of para-hydroxylation sites is 1. The third-order valence-corrected chi connectivity index (χ3v) is 12.0. The molecule has 0 radical (unpaired) electrons. The Labute approximate surface area is 318 Å². The Balaban J connectivity index is 0.908.